The zero-order valence-corrected chi connectivity index (χ0v) is 11.3. The predicted molar refractivity (Wildman–Crippen MR) is 61.9 cm³/mol. The van der Waals surface area contributed by atoms with Crippen molar-refractivity contribution in [1.82, 2.24) is 10.1 Å². The summed E-state index contributed by atoms with van der Waals surface area (Å²) in [6.07, 6.45) is -3.95. The first-order valence-corrected chi connectivity index (χ1v) is 6.44. The second-order valence-electron chi connectivity index (χ2n) is 5.14. The van der Waals surface area contributed by atoms with Crippen LogP contribution in [0.2, 0.25) is 0 Å². The SMILES string of the molecule is COC1(c2noc(C(C)C(O)C(F)(F)F)n2)CCCC1. The maximum atomic E-state index is 12.5. The van der Waals surface area contributed by atoms with Crippen LogP contribution in [0.15, 0.2) is 4.52 Å². The van der Waals surface area contributed by atoms with E-state index >= 15 is 0 Å². The number of hydrogen-bond acceptors (Lipinski definition) is 5. The first-order chi connectivity index (χ1) is 9.30. The highest BCUT2D eigenvalue weighted by Crippen LogP contribution is 2.41. The Hall–Kier alpha value is -1.15. The Morgan fingerprint density at radius 3 is 2.45 bits per heavy atom. The third-order valence-electron chi connectivity index (χ3n) is 3.85. The van der Waals surface area contributed by atoms with Crippen LogP contribution in [0.3, 0.4) is 0 Å². The van der Waals surface area contributed by atoms with Crippen LogP contribution in [0.5, 0.6) is 0 Å². The molecule has 2 atom stereocenters. The predicted octanol–water partition coefficient (Wildman–Crippen LogP) is 2.51. The Morgan fingerprint density at radius 1 is 1.35 bits per heavy atom. The van der Waals surface area contributed by atoms with E-state index in [1.807, 2.05) is 0 Å². The van der Waals surface area contributed by atoms with E-state index in [0.717, 1.165) is 12.8 Å². The van der Waals surface area contributed by atoms with E-state index in [4.69, 9.17) is 9.26 Å². The van der Waals surface area contributed by atoms with Crippen molar-refractivity contribution in [2.75, 3.05) is 7.11 Å². The number of halogens is 3. The second-order valence-corrected chi connectivity index (χ2v) is 5.14. The van der Waals surface area contributed by atoms with Gasteiger partial charge in [-0.1, -0.05) is 12.1 Å². The van der Waals surface area contributed by atoms with Crippen molar-refractivity contribution in [3.63, 3.8) is 0 Å². The third-order valence-corrected chi connectivity index (χ3v) is 3.85. The molecule has 1 aromatic heterocycles. The van der Waals surface area contributed by atoms with Crippen LogP contribution in [0, 0.1) is 0 Å². The molecule has 0 saturated heterocycles. The molecule has 5 nitrogen and oxygen atoms in total. The Balaban J connectivity index is 2.20. The summed E-state index contributed by atoms with van der Waals surface area (Å²) in [5.74, 6) is -1.28. The van der Waals surface area contributed by atoms with E-state index in [-0.39, 0.29) is 11.7 Å². The average Bonchev–Trinajstić information content (AvgIpc) is 3.05. The van der Waals surface area contributed by atoms with Gasteiger partial charge < -0.3 is 14.4 Å². The number of aromatic nitrogens is 2. The van der Waals surface area contributed by atoms with Crippen LogP contribution in [-0.2, 0) is 10.3 Å². The van der Waals surface area contributed by atoms with Gasteiger partial charge in [-0.3, -0.25) is 0 Å². The molecule has 2 unspecified atom stereocenters. The largest absolute Gasteiger partial charge is 0.415 e. The number of aliphatic hydroxyl groups excluding tert-OH is 1. The van der Waals surface area contributed by atoms with Gasteiger partial charge in [-0.25, -0.2) is 0 Å². The van der Waals surface area contributed by atoms with Gasteiger partial charge in [-0.05, 0) is 25.7 Å². The summed E-state index contributed by atoms with van der Waals surface area (Å²) in [4.78, 5) is 4.01. The number of hydrogen-bond donors (Lipinski definition) is 1. The van der Waals surface area contributed by atoms with Crippen molar-refractivity contribution in [2.24, 2.45) is 0 Å². The summed E-state index contributed by atoms with van der Waals surface area (Å²) in [5.41, 5.74) is -0.676. The van der Waals surface area contributed by atoms with Gasteiger partial charge in [0.1, 0.15) is 5.60 Å². The van der Waals surface area contributed by atoms with E-state index in [9.17, 15) is 18.3 Å². The normalized spacial score (nSPS) is 21.9. The van der Waals surface area contributed by atoms with Crippen molar-refractivity contribution >= 4 is 0 Å². The molecule has 1 aliphatic carbocycles. The Labute approximate surface area is 114 Å². The number of methoxy groups -OCH3 is 1. The molecule has 1 fully saturated rings. The highest BCUT2D eigenvalue weighted by atomic mass is 19.4. The molecular formula is C12H17F3N2O3. The lowest BCUT2D eigenvalue weighted by molar-refractivity contribution is -0.210. The summed E-state index contributed by atoms with van der Waals surface area (Å²) in [6.45, 7) is 1.20. The van der Waals surface area contributed by atoms with Crippen LogP contribution < -0.4 is 0 Å². The van der Waals surface area contributed by atoms with Crippen LogP contribution in [0.25, 0.3) is 0 Å². The van der Waals surface area contributed by atoms with Gasteiger partial charge in [0.15, 0.2) is 6.10 Å². The zero-order valence-electron chi connectivity index (χ0n) is 11.3. The molecule has 20 heavy (non-hydrogen) atoms. The van der Waals surface area contributed by atoms with E-state index < -0.39 is 23.8 Å². The fourth-order valence-electron chi connectivity index (χ4n) is 2.49. The molecular weight excluding hydrogens is 277 g/mol. The quantitative estimate of drug-likeness (QED) is 0.924. The first kappa shape index (κ1) is 15.2. The minimum atomic E-state index is -4.72. The molecule has 2 rings (SSSR count). The monoisotopic (exact) mass is 294 g/mol. The maximum Gasteiger partial charge on any atom is 0.415 e. The van der Waals surface area contributed by atoms with Gasteiger partial charge in [0.05, 0.1) is 5.92 Å². The Bertz CT molecular complexity index is 455. The van der Waals surface area contributed by atoms with Crippen LogP contribution in [0.1, 0.15) is 50.2 Å². The average molecular weight is 294 g/mol. The third kappa shape index (κ3) is 2.67. The molecule has 114 valence electrons. The Kier molecular flexibility index (Phi) is 4.06. The van der Waals surface area contributed by atoms with E-state index in [2.05, 4.69) is 10.1 Å². The van der Waals surface area contributed by atoms with Gasteiger partial charge >= 0.3 is 6.18 Å². The lowest BCUT2D eigenvalue weighted by Crippen LogP contribution is -2.33. The summed E-state index contributed by atoms with van der Waals surface area (Å²) in [6, 6.07) is 0. The van der Waals surface area contributed by atoms with E-state index in [1.165, 1.54) is 14.0 Å². The summed E-state index contributed by atoms with van der Waals surface area (Å²) < 4.78 is 47.7. The molecule has 0 aromatic carbocycles. The molecule has 1 N–H and O–H groups in total. The molecule has 1 saturated carbocycles. The Morgan fingerprint density at radius 2 is 1.95 bits per heavy atom. The number of aliphatic hydroxyl groups is 1. The van der Waals surface area contributed by atoms with Crippen LogP contribution >= 0.6 is 0 Å². The fourth-order valence-corrected chi connectivity index (χ4v) is 2.49. The molecule has 1 aliphatic rings. The summed E-state index contributed by atoms with van der Waals surface area (Å²) in [7, 11) is 1.52. The standard InChI is InChI=1S/C12H17F3N2O3/c1-7(8(18)12(13,14)15)9-16-10(17-20-9)11(19-2)5-3-4-6-11/h7-8,18H,3-6H2,1-2H3. The molecule has 0 aliphatic heterocycles. The zero-order chi connectivity index (χ0) is 15.0. The highest BCUT2D eigenvalue weighted by molar-refractivity contribution is 5.07. The number of rotatable bonds is 4. The van der Waals surface area contributed by atoms with Gasteiger partial charge in [0.25, 0.3) is 0 Å². The van der Waals surface area contributed by atoms with Gasteiger partial charge in [0.2, 0.25) is 11.7 Å². The van der Waals surface area contributed by atoms with Crippen molar-refractivity contribution in [2.45, 2.75) is 56.4 Å². The van der Waals surface area contributed by atoms with Gasteiger partial charge in [-0.15, -0.1) is 0 Å². The molecule has 1 heterocycles. The molecule has 0 amide bonds. The lowest BCUT2D eigenvalue weighted by Gasteiger charge is -2.23. The topological polar surface area (TPSA) is 68.4 Å². The fraction of sp³-hybridized carbons (Fsp3) is 0.833. The maximum absolute atomic E-state index is 12.5. The smallest absolute Gasteiger partial charge is 0.383 e. The first-order valence-electron chi connectivity index (χ1n) is 6.44. The molecule has 0 bridgehead atoms. The lowest BCUT2D eigenvalue weighted by atomic mass is 10.0. The number of nitrogens with zero attached hydrogens (tertiary/aromatic N) is 2. The highest BCUT2D eigenvalue weighted by Gasteiger charge is 2.45. The number of ether oxygens (including phenoxy) is 1. The van der Waals surface area contributed by atoms with Gasteiger partial charge in [0, 0.05) is 7.11 Å². The summed E-state index contributed by atoms with van der Waals surface area (Å²) >= 11 is 0. The minimum absolute atomic E-state index is 0.229. The van der Waals surface area contributed by atoms with Crippen LogP contribution in [0.4, 0.5) is 13.2 Å². The molecule has 0 spiro atoms. The second kappa shape index (κ2) is 5.33. The molecule has 0 radical (unpaired) electrons. The molecule has 8 heteroatoms. The number of alkyl halides is 3. The van der Waals surface area contributed by atoms with Crippen molar-refractivity contribution in [1.29, 1.82) is 0 Å². The van der Waals surface area contributed by atoms with Gasteiger partial charge in [-0.2, -0.15) is 18.2 Å². The van der Waals surface area contributed by atoms with Crippen LogP contribution in [-0.4, -0.2) is 34.6 Å². The van der Waals surface area contributed by atoms with Crippen molar-refractivity contribution in [3.8, 4) is 0 Å². The van der Waals surface area contributed by atoms with Crippen molar-refractivity contribution in [3.05, 3.63) is 11.7 Å². The summed E-state index contributed by atoms with van der Waals surface area (Å²) in [5, 5.41) is 13.0. The molecule has 1 aromatic rings. The van der Waals surface area contributed by atoms with Crippen molar-refractivity contribution < 1.29 is 27.5 Å². The minimum Gasteiger partial charge on any atom is -0.383 e. The van der Waals surface area contributed by atoms with E-state index in [1.54, 1.807) is 0 Å². The van der Waals surface area contributed by atoms with E-state index in [0.29, 0.717) is 12.8 Å².